The first kappa shape index (κ1) is 14.5. The molecule has 3 aromatic carbocycles. The molecule has 0 bridgehead atoms. The number of fused-ring (bicyclic) bond motifs is 2. The molecule has 4 rings (SSSR count). The smallest absolute Gasteiger partial charge is 0.125 e. The van der Waals surface area contributed by atoms with Crippen LogP contribution in [0.2, 0.25) is 0 Å². The van der Waals surface area contributed by atoms with Crippen molar-refractivity contribution in [1.29, 1.82) is 0 Å². The molecule has 0 unspecified atom stereocenters. The van der Waals surface area contributed by atoms with E-state index in [4.69, 9.17) is 0 Å². The molecule has 0 saturated heterocycles. The second-order valence-electron chi connectivity index (χ2n) is 5.91. The summed E-state index contributed by atoms with van der Waals surface area (Å²) in [7, 11) is 0. The number of nitrogens with zero attached hydrogens (tertiary/aromatic N) is 1. The van der Waals surface area contributed by atoms with Crippen molar-refractivity contribution in [2.45, 2.75) is 13.5 Å². The first-order chi connectivity index (χ1) is 11.1. The lowest BCUT2D eigenvalue weighted by atomic mass is 10.1. The summed E-state index contributed by atoms with van der Waals surface area (Å²) in [5.41, 5.74) is 3.36. The number of halogens is 2. The maximum Gasteiger partial charge on any atom is 0.125 e. The molecule has 1 aromatic heterocycles. The van der Waals surface area contributed by atoms with Crippen LogP contribution >= 0.6 is 15.9 Å². The van der Waals surface area contributed by atoms with Gasteiger partial charge in [0.25, 0.3) is 0 Å². The number of rotatable bonds is 2. The summed E-state index contributed by atoms with van der Waals surface area (Å²) in [6.07, 6.45) is 2.09. The van der Waals surface area contributed by atoms with Crippen molar-refractivity contribution in [3.8, 4) is 0 Å². The van der Waals surface area contributed by atoms with Crippen molar-refractivity contribution in [3.63, 3.8) is 0 Å². The molecule has 0 N–H and O–H groups in total. The highest BCUT2D eigenvalue weighted by atomic mass is 79.9. The fourth-order valence-electron chi connectivity index (χ4n) is 3.18. The normalized spacial score (nSPS) is 11.4. The molecule has 0 spiro atoms. The SMILES string of the molecule is Cc1cn(Cc2ccc3ccccc3c2)c2c(Br)cc(F)cc12. The minimum Gasteiger partial charge on any atom is -0.342 e. The lowest BCUT2D eigenvalue weighted by molar-refractivity contribution is 0.628. The van der Waals surface area contributed by atoms with E-state index in [1.54, 1.807) is 6.07 Å². The van der Waals surface area contributed by atoms with E-state index >= 15 is 0 Å². The Bertz CT molecular complexity index is 1030. The number of hydrogen-bond donors (Lipinski definition) is 0. The van der Waals surface area contributed by atoms with E-state index in [0.717, 1.165) is 27.5 Å². The highest BCUT2D eigenvalue weighted by Gasteiger charge is 2.11. The minimum absolute atomic E-state index is 0.212. The van der Waals surface area contributed by atoms with Gasteiger partial charge in [-0.2, -0.15) is 0 Å². The van der Waals surface area contributed by atoms with Crippen molar-refractivity contribution in [1.82, 2.24) is 4.57 Å². The zero-order chi connectivity index (χ0) is 16.0. The van der Waals surface area contributed by atoms with Gasteiger partial charge < -0.3 is 4.57 Å². The molecule has 3 heteroatoms. The Morgan fingerprint density at radius 3 is 2.61 bits per heavy atom. The highest BCUT2D eigenvalue weighted by Crippen LogP contribution is 2.30. The summed E-state index contributed by atoms with van der Waals surface area (Å²) < 4.78 is 16.6. The fraction of sp³-hybridized carbons (Fsp3) is 0.100. The maximum absolute atomic E-state index is 13.6. The van der Waals surface area contributed by atoms with Crippen molar-refractivity contribution in [2.24, 2.45) is 0 Å². The van der Waals surface area contributed by atoms with Crippen LogP contribution in [0.3, 0.4) is 0 Å². The zero-order valence-electron chi connectivity index (χ0n) is 12.7. The van der Waals surface area contributed by atoms with E-state index < -0.39 is 0 Å². The van der Waals surface area contributed by atoms with E-state index in [2.05, 4.69) is 69.2 Å². The van der Waals surface area contributed by atoms with Crippen LogP contribution in [-0.2, 0) is 6.54 Å². The van der Waals surface area contributed by atoms with Gasteiger partial charge in [-0.25, -0.2) is 4.39 Å². The predicted octanol–water partition coefficient (Wildman–Crippen LogP) is 6.05. The van der Waals surface area contributed by atoms with Gasteiger partial charge in [0.1, 0.15) is 5.82 Å². The van der Waals surface area contributed by atoms with Crippen LogP contribution in [0.15, 0.2) is 65.3 Å². The van der Waals surface area contributed by atoms with Crippen LogP contribution in [0.4, 0.5) is 4.39 Å². The zero-order valence-corrected chi connectivity index (χ0v) is 14.3. The van der Waals surface area contributed by atoms with Gasteiger partial charge in [0, 0.05) is 22.6 Å². The van der Waals surface area contributed by atoms with Crippen LogP contribution in [0.25, 0.3) is 21.7 Å². The van der Waals surface area contributed by atoms with Crippen LogP contribution in [0.5, 0.6) is 0 Å². The summed E-state index contributed by atoms with van der Waals surface area (Å²) >= 11 is 3.50. The second-order valence-corrected chi connectivity index (χ2v) is 6.76. The molecule has 23 heavy (non-hydrogen) atoms. The van der Waals surface area contributed by atoms with Gasteiger partial charge in [0.15, 0.2) is 0 Å². The van der Waals surface area contributed by atoms with Gasteiger partial charge in [-0.15, -0.1) is 0 Å². The van der Waals surface area contributed by atoms with Crippen LogP contribution in [0.1, 0.15) is 11.1 Å². The molecule has 0 aliphatic rings. The molecule has 0 atom stereocenters. The first-order valence-electron chi connectivity index (χ1n) is 7.54. The second kappa shape index (κ2) is 5.50. The molecule has 1 heterocycles. The third kappa shape index (κ3) is 2.55. The highest BCUT2D eigenvalue weighted by molar-refractivity contribution is 9.10. The van der Waals surface area contributed by atoms with Gasteiger partial charge in [-0.1, -0.05) is 36.4 Å². The van der Waals surface area contributed by atoms with Gasteiger partial charge in [-0.05, 0) is 63.0 Å². The largest absolute Gasteiger partial charge is 0.342 e. The Labute approximate surface area is 142 Å². The molecule has 0 fully saturated rings. The third-order valence-corrected chi connectivity index (χ3v) is 4.86. The van der Waals surface area contributed by atoms with Crippen LogP contribution in [0, 0.1) is 12.7 Å². The summed E-state index contributed by atoms with van der Waals surface area (Å²) in [5.74, 6) is -0.212. The summed E-state index contributed by atoms with van der Waals surface area (Å²) in [5, 5.41) is 3.44. The van der Waals surface area contributed by atoms with E-state index in [1.807, 2.05) is 6.92 Å². The molecule has 114 valence electrons. The molecule has 0 aliphatic heterocycles. The van der Waals surface area contributed by atoms with Gasteiger partial charge in [-0.3, -0.25) is 0 Å². The Morgan fingerprint density at radius 2 is 1.78 bits per heavy atom. The Kier molecular flexibility index (Phi) is 3.46. The summed E-state index contributed by atoms with van der Waals surface area (Å²) in [6.45, 7) is 2.78. The van der Waals surface area contributed by atoms with E-state index in [1.165, 1.54) is 22.4 Å². The third-order valence-electron chi connectivity index (χ3n) is 4.26. The van der Waals surface area contributed by atoms with Crippen molar-refractivity contribution in [3.05, 3.63) is 82.2 Å². The Hall–Kier alpha value is -2.13. The first-order valence-corrected chi connectivity index (χ1v) is 8.33. The van der Waals surface area contributed by atoms with Crippen LogP contribution < -0.4 is 0 Å². The predicted molar refractivity (Wildman–Crippen MR) is 97.4 cm³/mol. The number of aryl methyl sites for hydroxylation is 1. The molecule has 0 amide bonds. The van der Waals surface area contributed by atoms with Crippen molar-refractivity contribution in [2.75, 3.05) is 0 Å². The van der Waals surface area contributed by atoms with Gasteiger partial charge >= 0.3 is 0 Å². The maximum atomic E-state index is 13.6. The summed E-state index contributed by atoms with van der Waals surface area (Å²) in [6, 6.07) is 18.0. The van der Waals surface area contributed by atoms with Gasteiger partial charge in [0.2, 0.25) is 0 Å². The fourth-order valence-corrected chi connectivity index (χ4v) is 3.84. The summed E-state index contributed by atoms with van der Waals surface area (Å²) in [4.78, 5) is 0. The monoisotopic (exact) mass is 367 g/mol. The lowest BCUT2D eigenvalue weighted by Crippen LogP contribution is -1.98. The van der Waals surface area contributed by atoms with Crippen molar-refractivity contribution < 1.29 is 4.39 Å². The minimum atomic E-state index is -0.212. The van der Waals surface area contributed by atoms with Crippen LogP contribution in [-0.4, -0.2) is 4.57 Å². The molecule has 0 saturated carbocycles. The van der Waals surface area contributed by atoms with E-state index in [0.29, 0.717) is 0 Å². The van der Waals surface area contributed by atoms with E-state index in [-0.39, 0.29) is 5.82 Å². The quantitative estimate of drug-likeness (QED) is 0.406. The molecule has 0 radical (unpaired) electrons. The topological polar surface area (TPSA) is 4.93 Å². The Balaban J connectivity index is 1.83. The molecule has 0 aliphatic carbocycles. The molecule has 1 nitrogen and oxygen atoms in total. The number of hydrogen-bond acceptors (Lipinski definition) is 0. The lowest BCUT2D eigenvalue weighted by Gasteiger charge is -2.08. The molecule has 4 aromatic rings. The average Bonchev–Trinajstić information content (AvgIpc) is 2.83. The molecular weight excluding hydrogens is 353 g/mol. The number of aromatic nitrogens is 1. The van der Waals surface area contributed by atoms with Crippen molar-refractivity contribution >= 4 is 37.6 Å². The van der Waals surface area contributed by atoms with Gasteiger partial charge in [0.05, 0.1) is 5.52 Å². The Morgan fingerprint density at radius 1 is 1.00 bits per heavy atom. The number of benzene rings is 3. The molecular formula is C20H15BrFN. The average molecular weight is 368 g/mol. The van der Waals surface area contributed by atoms with E-state index in [9.17, 15) is 4.39 Å². The standard InChI is InChI=1S/C20H15BrFN/c1-13-11-23(20-18(13)9-17(22)10-19(20)21)12-14-6-7-15-4-2-3-5-16(15)8-14/h2-11H,12H2,1H3.